The van der Waals surface area contributed by atoms with Crippen LogP contribution in [0.5, 0.6) is 0 Å². The van der Waals surface area contributed by atoms with Crippen LogP contribution in [0.1, 0.15) is 20.8 Å². The number of hydrogen-bond donors (Lipinski definition) is 2. The smallest absolute Gasteiger partial charge is 0.163 e. The van der Waals surface area contributed by atoms with E-state index in [9.17, 15) is 5.11 Å². The molecule has 1 aromatic heterocycles. The number of rotatable bonds is 5. The number of nitrogen functional groups attached to an aromatic ring is 1. The Morgan fingerprint density at radius 1 is 1.19 bits per heavy atom. The van der Waals surface area contributed by atoms with Crippen molar-refractivity contribution in [2.24, 2.45) is 0 Å². The minimum absolute atomic E-state index is 0.424. The summed E-state index contributed by atoms with van der Waals surface area (Å²) < 4.78 is 0. The molecule has 2 aromatic rings. The highest BCUT2D eigenvalue weighted by molar-refractivity contribution is 5.60. The SMILES string of the molecule is CCN(CC(C)(C)O)c1cc(N)nc(-c2ccccc2)n1. The molecule has 0 atom stereocenters. The average Bonchev–Trinajstić information content (AvgIpc) is 2.44. The maximum Gasteiger partial charge on any atom is 0.163 e. The number of anilines is 2. The van der Waals surface area contributed by atoms with Crippen LogP contribution in [0.4, 0.5) is 11.6 Å². The number of hydrogen-bond acceptors (Lipinski definition) is 5. The highest BCUT2D eigenvalue weighted by Crippen LogP contribution is 2.22. The third-order valence-corrected chi connectivity index (χ3v) is 3.05. The van der Waals surface area contributed by atoms with Gasteiger partial charge in [0.25, 0.3) is 0 Å². The summed E-state index contributed by atoms with van der Waals surface area (Å²) in [5.74, 6) is 1.75. The van der Waals surface area contributed by atoms with Crippen LogP contribution in [0.15, 0.2) is 36.4 Å². The van der Waals surface area contributed by atoms with Crippen LogP contribution in [0.3, 0.4) is 0 Å². The van der Waals surface area contributed by atoms with Crippen molar-refractivity contribution in [3.05, 3.63) is 36.4 Å². The lowest BCUT2D eigenvalue weighted by Crippen LogP contribution is -2.39. The quantitative estimate of drug-likeness (QED) is 0.882. The normalized spacial score (nSPS) is 11.4. The zero-order chi connectivity index (χ0) is 15.5. The van der Waals surface area contributed by atoms with E-state index in [1.54, 1.807) is 19.9 Å². The van der Waals surface area contributed by atoms with E-state index in [1.807, 2.05) is 42.2 Å². The van der Waals surface area contributed by atoms with E-state index in [-0.39, 0.29) is 0 Å². The van der Waals surface area contributed by atoms with E-state index in [1.165, 1.54) is 0 Å². The van der Waals surface area contributed by atoms with Gasteiger partial charge in [0.1, 0.15) is 11.6 Å². The molecule has 0 amide bonds. The molecule has 0 aliphatic heterocycles. The van der Waals surface area contributed by atoms with Crippen molar-refractivity contribution in [3.63, 3.8) is 0 Å². The van der Waals surface area contributed by atoms with Crippen LogP contribution in [0, 0.1) is 0 Å². The zero-order valence-corrected chi connectivity index (χ0v) is 12.7. The molecular formula is C16H22N4O. The van der Waals surface area contributed by atoms with Crippen LogP contribution in [-0.2, 0) is 0 Å². The van der Waals surface area contributed by atoms with Gasteiger partial charge in [-0.1, -0.05) is 30.3 Å². The molecule has 0 aliphatic rings. The van der Waals surface area contributed by atoms with Crippen molar-refractivity contribution in [1.82, 2.24) is 9.97 Å². The maximum atomic E-state index is 10.0. The number of likely N-dealkylation sites (N-methyl/N-ethyl adjacent to an activating group) is 1. The van der Waals surface area contributed by atoms with Crippen LogP contribution >= 0.6 is 0 Å². The monoisotopic (exact) mass is 286 g/mol. The number of aliphatic hydroxyl groups is 1. The van der Waals surface area contributed by atoms with Crippen molar-refractivity contribution >= 4 is 11.6 Å². The van der Waals surface area contributed by atoms with Gasteiger partial charge in [-0.15, -0.1) is 0 Å². The summed E-state index contributed by atoms with van der Waals surface area (Å²) in [6, 6.07) is 11.5. The average molecular weight is 286 g/mol. The van der Waals surface area contributed by atoms with E-state index in [0.29, 0.717) is 18.2 Å². The van der Waals surface area contributed by atoms with E-state index in [0.717, 1.165) is 17.9 Å². The lowest BCUT2D eigenvalue weighted by atomic mass is 10.1. The molecule has 5 heteroatoms. The van der Waals surface area contributed by atoms with Crippen molar-refractivity contribution in [1.29, 1.82) is 0 Å². The Labute approximate surface area is 125 Å². The molecule has 112 valence electrons. The van der Waals surface area contributed by atoms with Gasteiger partial charge in [0, 0.05) is 24.7 Å². The van der Waals surface area contributed by atoms with E-state index in [2.05, 4.69) is 9.97 Å². The maximum absolute atomic E-state index is 10.0. The molecule has 0 fully saturated rings. The fraction of sp³-hybridized carbons (Fsp3) is 0.375. The second-order valence-electron chi connectivity index (χ2n) is 5.67. The molecule has 0 bridgehead atoms. The van der Waals surface area contributed by atoms with Gasteiger partial charge in [0.15, 0.2) is 5.82 Å². The standard InChI is InChI=1S/C16H22N4O/c1-4-20(11-16(2,3)21)14-10-13(17)18-15(19-14)12-8-6-5-7-9-12/h5-10,21H,4,11H2,1-3H3,(H2,17,18,19). The molecule has 0 saturated heterocycles. The van der Waals surface area contributed by atoms with E-state index < -0.39 is 5.60 Å². The van der Waals surface area contributed by atoms with Crippen molar-refractivity contribution < 1.29 is 5.11 Å². The summed E-state index contributed by atoms with van der Waals surface area (Å²) >= 11 is 0. The van der Waals surface area contributed by atoms with Gasteiger partial charge >= 0.3 is 0 Å². The molecule has 3 N–H and O–H groups in total. The lowest BCUT2D eigenvalue weighted by Gasteiger charge is -2.29. The highest BCUT2D eigenvalue weighted by atomic mass is 16.3. The Morgan fingerprint density at radius 2 is 1.86 bits per heavy atom. The fourth-order valence-electron chi connectivity index (χ4n) is 2.15. The lowest BCUT2D eigenvalue weighted by molar-refractivity contribution is 0.0874. The van der Waals surface area contributed by atoms with Gasteiger partial charge in [-0.25, -0.2) is 9.97 Å². The first-order chi connectivity index (χ1) is 9.89. The topological polar surface area (TPSA) is 75.3 Å². The summed E-state index contributed by atoms with van der Waals surface area (Å²) in [5, 5.41) is 10.0. The van der Waals surface area contributed by atoms with Crippen LogP contribution in [0.25, 0.3) is 11.4 Å². The number of nitrogens with two attached hydrogens (primary N) is 1. The largest absolute Gasteiger partial charge is 0.389 e. The predicted molar refractivity (Wildman–Crippen MR) is 86.1 cm³/mol. The van der Waals surface area contributed by atoms with Crippen molar-refractivity contribution in [3.8, 4) is 11.4 Å². The molecule has 2 rings (SSSR count). The summed E-state index contributed by atoms with van der Waals surface area (Å²) in [6.45, 7) is 6.78. The van der Waals surface area contributed by atoms with Gasteiger partial charge in [-0.05, 0) is 20.8 Å². The third-order valence-electron chi connectivity index (χ3n) is 3.05. The number of aromatic nitrogens is 2. The minimum Gasteiger partial charge on any atom is -0.389 e. The molecule has 1 aromatic carbocycles. The molecule has 0 spiro atoms. The first kappa shape index (κ1) is 15.3. The van der Waals surface area contributed by atoms with Crippen LogP contribution in [-0.4, -0.2) is 33.8 Å². The fourth-order valence-corrected chi connectivity index (χ4v) is 2.15. The Balaban J connectivity index is 2.38. The molecular weight excluding hydrogens is 264 g/mol. The second kappa shape index (κ2) is 6.10. The highest BCUT2D eigenvalue weighted by Gasteiger charge is 2.19. The molecule has 5 nitrogen and oxygen atoms in total. The summed E-state index contributed by atoms with van der Waals surface area (Å²) in [6.07, 6.45) is 0. The Morgan fingerprint density at radius 3 is 2.43 bits per heavy atom. The second-order valence-corrected chi connectivity index (χ2v) is 5.67. The summed E-state index contributed by atoms with van der Waals surface area (Å²) in [4.78, 5) is 10.9. The predicted octanol–water partition coefficient (Wildman–Crippen LogP) is 2.32. The summed E-state index contributed by atoms with van der Waals surface area (Å²) in [7, 11) is 0. The van der Waals surface area contributed by atoms with E-state index >= 15 is 0 Å². The van der Waals surface area contributed by atoms with Gasteiger partial charge in [-0.3, -0.25) is 0 Å². The first-order valence-electron chi connectivity index (χ1n) is 7.06. The number of nitrogens with zero attached hydrogens (tertiary/aromatic N) is 3. The molecule has 21 heavy (non-hydrogen) atoms. The molecule has 0 saturated carbocycles. The third kappa shape index (κ3) is 4.16. The zero-order valence-electron chi connectivity index (χ0n) is 12.7. The molecule has 0 radical (unpaired) electrons. The van der Waals surface area contributed by atoms with Gasteiger partial charge in [0.2, 0.25) is 0 Å². The molecule has 0 unspecified atom stereocenters. The van der Waals surface area contributed by atoms with Gasteiger partial charge in [-0.2, -0.15) is 0 Å². The van der Waals surface area contributed by atoms with Crippen LogP contribution in [0.2, 0.25) is 0 Å². The molecule has 1 heterocycles. The Kier molecular flexibility index (Phi) is 4.43. The van der Waals surface area contributed by atoms with Gasteiger partial charge < -0.3 is 15.7 Å². The summed E-state index contributed by atoms with van der Waals surface area (Å²) in [5.41, 5.74) is 6.03. The molecule has 0 aliphatic carbocycles. The van der Waals surface area contributed by atoms with Gasteiger partial charge in [0.05, 0.1) is 5.60 Å². The number of benzene rings is 1. The Hall–Kier alpha value is -2.14. The van der Waals surface area contributed by atoms with Crippen molar-refractivity contribution in [2.45, 2.75) is 26.4 Å². The van der Waals surface area contributed by atoms with Crippen LogP contribution < -0.4 is 10.6 Å². The first-order valence-corrected chi connectivity index (χ1v) is 7.06. The van der Waals surface area contributed by atoms with E-state index in [4.69, 9.17) is 5.73 Å². The minimum atomic E-state index is -0.803. The van der Waals surface area contributed by atoms with Crippen molar-refractivity contribution in [2.75, 3.05) is 23.7 Å². The Bertz CT molecular complexity index is 593.